The highest BCUT2D eigenvalue weighted by Gasteiger charge is 2.20. The summed E-state index contributed by atoms with van der Waals surface area (Å²) in [5.41, 5.74) is 5.42. The van der Waals surface area contributed by atoms with E-state index in [9.17, 15) is 9.18 Å². The van der Waals surface area contributed by atoms with Crippen molar-refractivity contribution in [3.63, 3.8) is 0 Å². The third-order valence-electron chi connectivity index (χ3n) is 5.26. The van der Waals surface area contributed by atoms with Crippen LogP contribution >= 0.6 is 12.4 Å². The number of aromatic nitrogens is 2. The quantitative estimate of drug-likeness (QED) is 0.681. The van der Waals surface area contributed by atoms with Crippen LogP contribution in [0.3, 0.4) is 0 Å². The fourth-order valence-corrected chi connectivity index (χ4v) is 3.74. The van der Waals surface area contributed by atoms with Gasteiger partial charge in [0.05, 0.1) is 23.5 Å². The number of nitrogens with one attached hydrogen (secondary N) is 2. The third-order valence-corrected chi connectivity index (χ3v) is 5.26. The Morgan fingerprint density at radius 3 is 2.72 bits per heavy atom. The maximum Gasteiger partial charge on any atom is 0.229 e. The summed E-state index contributed by atoms with van der Waals surface area (Å²) in [6, 6.07) is 13.3. The normalized spacial score (nSPS) is 12.8. The first-order valence-corrected chi connectivity index (χ1v) is 9.46. The Kier molecular flexibility index (Phi) is 6.35. The van der Waals surface area contributed by atoms with Gasteiger partial charge in [-0.3, -0.25) is 4.79 Å². The summed E-state index contributed by atoms with van der Waals surface area (Å²) < 4.78 is 16.6. The molecular formula is C22H24ClFN4O. The molecular weight excluding hydrogens is 391 g/mol. The molecule has 0 saturated carbocycles. The highest BCUT2D eigenvalue weighted by atomic mass is 35.5. The number of rotatable bonds is 4. The lowest BCUT2D eigenvalue weighted by Gasteiger charge is -2.19. The molecule has 1 aliphatic rings. The molecule has 1 aliphatic heterocycles. The lowest BCUT2D eigenvalue weighted by Crippen LogP contribution is -2.25. The van der Waals surface area contributed by atoms with Crippen molar-refractivity contribution in [3.8, 4) is 5.69 Å². The molecule has 0 radical (unpaired) electrons. The molecule has 0 atom stereocenters. The average molecular weight is 415 g/mol. The van der Waals surface area contributed by atoms with E-state index in [1.54, 1.807) is 6.07 Å². The van der Waals surface area contributed by atoms with Crippen LogP contribution in [0.2, 0.25) is 0 Å². The lowest BCUT2D eigenvalue weighted by atomic mass is 9.99. The smallest absolute Gasteiger partial charge is 0.229 e. The summed E-state index contributed by atoms with van der Waals surface area (Å²) in [6.45, 7) is 5.25. The van der Waals surface area contributed by atoms with Gasteiger partial charge in [-0.2, -0.15) is 5.10 Å². The Hall–Kier alpha value is -2.70. The van der Waals surface area contributed by atoms with Gasteiger partial charge < -0.3 is 10.6 Å². The second kappa shape index (κ2) is 8.76. The number of amides is 1. The topological polar surface area (TPSA) is 59.0 Å². The number of aryl methyl sites for hydroxylation is 1. The van der Waals surface area contributed by atoms with E-state index >= 15 is 0 Å². The number of fused-ring (bicyclic) bond motifs is 1. The minimum atomic E-state index is -0.319. The van der Waals surface area contributed by atoms with E-state index in [0.29, 0.717) is 18.5 Å². The van der Waals surface area contributed by atoms with Crippen molar-refractivity contribution in [1.82, 2.24) is 15.1 Å². The summed E-state index contributed by atoms with van der Waals surface area (Å²) in [6.07, 6.45) is 0.787. The summed E-state index contributed by atoms with van der Waals surface area (Å²) in [5.74, 6) is -0.563. The zero-order chi connectivity index (χ0) is 19.7. The molecule has 152 valence electrons. The second-order valence-corrected chi connectivity index (χ2v) is 7.11. The Morgan fingerprint density at radius 2 is 1.97 bits per heavy atom. The van der Waals surface area contributed by atoms with Crippen molar-refractivity contribution >= 4 is 24.0 Å². The van der Waals surface area contributed by atoms with Gasteiger partial charge in [-0.1, -0.05) is 24.3 Å². The predicted octanol–water partition coefficient (Wildman–Crippen LogP) is 3.88. The highest BCUT2D eigenvalue weighted by Crippen LogP contribution is 2.25. The molecule has 0 fully saturated rings. The minimum Gasteiger partial charge on any atom is -0.323 e. The van der Waals surface area contributed by atoms with Crippen LogP contribution in [0.25, 0.3) is 5.69 Å². The van der Waals surface area contributed by atoms with E-state index in [1.807, 2.05) is 54.9 Å². The van der Waals surface area contributed by atoms with Crippen molar-refractivity contribution in [3.05, 3.63) is 76.4 Å². The van der Waals surface area contributed by atoms with E-state index in [0.717, 1.165) is 34.7 Å². The van der Waals surface area contributed by atoms with E-state index in [4.69, 9.17) is 0 Å². The molecule has 2 aromatic carbocycles. The molecule has 1 aromatic heterocycles. The summed E-state index contributed by atoms with van der Waals surface area (Å²) >= 11 is 0. The molecule has 0 bridgehead atoms. The number of hydrogen-bond donors (Lipinski definition) is 2. The Bertz CT molecular complexity index is 1030. The molecule has 0 saturated heterocycles. The molecule has 0 spiro atoms. The van der Waals surface area contributed by atoms with Crippen LogP contribution in [0, 0.1) is 19.7 Å². The van der Waals surface area contributed by atoms with Gasteiger partial charge >= 0.3 is 0 Å². The number of anilines is 1. The predicted molar refractivity (Wildman–Crippen MR) is 114 cm³/mol. The van der Waals surface area contributed by atoms with Gasteiger partial charge in [0.1, 0.15) is 5.82 Å². The standard InChI is InChI=1S/C22H23FN4O.ClH/c1-14-19(15(2)27(26-14)17-6-4-3-5-7-17)12-21(28)25-20-9-8-16-13-24-11-10-18(16)22(20)23;/h3-9,24H,10-13H2,1-2H3,(H,25,28);1H. The Morgan fingerprint density at radius 1 is 1.21 bits per heavy atom. The van der Waals surface area contributed by atoms with Crippen molar-refractivity contribution < 1.29 is 9.18 Å². The van der Waals surface area contributed by atoms with Crippen molar-refractivity contribution in [1.29, 1.82) is 0 Å². The number of hydrogen-bond acceptors (Lipinski definition) is 3. The van der Waals surface area contributed by atoms with Crippen LogP contribution in [0.4, 0.5) is 10.1 Å². The van der Waals surface area contributed by atoms with E-state index < -0.39 is 0 Å². The first kappa shape index (κ1) is 21.0. The van der Waals surface area contributed by atoms with Gasteiger partial charge in [0.15, 0.2) is 0 Å². The van der Waals surface area contributed by atoms with Crippen molar-refractivity contribution in [2.75, 3.05) is 11.9 Å². The highest BCUT2D eigenvalue weighted by molar-refractivity contribution is 5.92. The van der Waals surface area contributed by atoms with Crippen LogP contribution in [-0.2, 0) is 24.2 Å². The largest absolute Gasteiger partial charge is 0.323 e. The summed E-state index contributed by atoms with van der Waals surface area (Å²) in [4.78, 5) is 12.6. The fraction of sp³-hybridized carbons (Fsp3) is 0.273. The second-order valence-electron chi connectivity index (χ2n) is 7.11. The number of para-hydroxylation sites is 1. The first-order chi connectivity index (χ1) is 13.5. The van der Waals surface area contributed by atoms with Gasteiger partial charge in [-0.05, 0) is 56.1 Å². The number of nitrogens with zero attached hydrogens (tertiary/aromatic N) is 2. The lowest BCUT2D eigenvalue weighted by molar-refractivity contribution is -0.115. The average Bonchev–Trinajstić information content (AvgIpc) is 2.99. The van der Waals surface area contributed by atoms with Gasteiger partial charge in [-0.25, -0.2) is 9.07 Å². The van der Waals surface area contributed by atoms with Crippen LogP contribution in [0.15, 0.2) is 42.5 Å². The Labute approximate surface area is 175 Å². The van der Waals surface area contributed by atoms with Crippen LogP contribution in [0.5, 0.6) is 0 Å². The minimum absolute atomic E-state index is 0. The number of carbonyl (C=O) groups is 1. The molecule has 3 aromatic rings. The zero-order valence-corrected chi connectivity index (χ0v) is 17.3. The van der Waals surface area contributed by atoms with E-state index in [1.165, 1.54) is 0 Å². The number of halogens is 2. The van der Waals surface area contributed by atoms with E-state index in [-0.39, 0.29) is 36.2 Å². The molecule has 0 unspecified atom stereocenters. The van der Waals surface area contributed by atoms with Gasteiger partial charge in [-0.15, -0.1) is 12.4 Å². The molecule has 29 heavy (non-hydrogen) atoms. The van der Waals surface area contributed by atoms with Crippen LogP contribution in [0.1, 0.15) is 28.1 Å². The fourth-order valence-electron chi connectivity index (χ4n) is 3.74. The molecule has 0 aliphatic carbocycles. The first-order valence-electron chi connectivity index (χ1n) is 9.46. The van der Waals surface area contributed by atoms with Gasteiger partial charge in [0.25, 0.3) is 0 Å². The molecule has 2 heterocycles. The van der Waals surface area contributed by atoms with E-state index in [2.05, 4.69) is 15.7 Å². The Balaban J connectivity index is 0.00000240. The molecule has 4 rings (SSSR count). The maximum atomic E-state index is 14.8. The third kappa shape index (κ3) is 4.18. The zero-order valence-electron chi connectivity index (χ0n) is 16.5. The maximum absolute atomic E-state index is 14.8. The molecule has 5 nitrogen and oxygen atoms in total. The monoisotopic (exact) mass is 414 g/mol. The SMILES string of the molecule is Cc1nn(-c2ccccc2)c(C)c1CC(=O)Nc1ccc2c(c1F)CCNC2.Cl. The van der Waals surface area contributed by atoms with Crippen molar-refractivity contribution in [2.45, 2.75) is 33.2 Å². The van der Waals surface area contributed by atoms with Gasteiger partial charge in [0.2, 0.25) is 5.91 Å². The number of benzene rings is 2. The molecule has 7 heteroatoms. The number of carbonyl (C=O) groups excluding carboxylic acids is 1. The summed E-state index contributed by atoms with van der Waals surface area (Å²) in [7, 11) is 0. The molecule has 1 amide bonds. The molecule has 2 N–H and O–H groups in total. The van der Waals surface area contributed by atoms with Crippen LogP contribution in [-0.4, -0.2) is 22.2 Å². The van der Waals surface area contributed by atoms with Crippen LogP contribution < -0.4 is 10.6 Å². The summed E-state index contributed by atoms with van der Waals surface area (Å²) in [5, 5.41) is 10.5. The van der Waals surface area contributed by atoms with Gasteiger partial charge in [0, 0.05) is 17.8 Å². The van der Waals surface area contributed by atoms with Crippen molar-refractivity contribution in [2.24, 2.45) is 0 Å².